The van der Waals surface area contributed by atoms with E-state index in [1.165, 1.54) is 0 Å². The Labute approximate surface area is 217 Å². The average molecular weight is 507 g/mol. The summed E-state index contributed by atoms with van der Waals surface area (Å²) < 4.78 is 12.3. The molecule has 2 heterocycles. The van der Waals surface area contributed by atoms with Crippen molar-refractivity contribution in [1.29, 1.82) is 0 Å². The summed E-state index contributed by atoms with van der Waals surface area (Å²) in [7, 11) is 1.62. The van der Waals surface area contributed by atoms with Gasteiger partial charge in [-0.05, 0) is 42.7 Å². The monoisotopic (exact) mass is 506 g/mol. The molecule has 9 nitrogen and oxygen atoms in total. The average Bonchev–Trinajstić information content (AvgIpc) is 3.41. The van der Waals surface area contributed by atoms with Crippen molar-refractivity contribution in [2.75, 3.05) is 13.7 Å². The van der Waals surface area contributed by atoms with Gasteiger partial charge in [0.05, 0.1) is 37.1 Å². The van der Waals surface area contributed by atoms with E-state index < -0.39 is 18.1 Å². The largest absolute Gasteiger partial charge is 0.497 e. The Morgan fingerprint density at radius 1 is 1.08 bits per heavy atom. The Balaban J connectivity index is 1.48. The number of aliphatic hydroxyl groups excluding tert-OH is 1. The van der Waals surface area contributed by atoms with E-state index >= 15 is 0 Å². The number of hydrogen-bond donors (Lipinski definition) is 1. The van der Waals surface area contributed by atoms with Gasteiger partial charge in [0, 0.05) is 13.0 Å². The van der Waals surface area contributed by atoms with Crippen molar-refractivity contribution in [3.63, 3.8) is 0 Å². The number of piperidine rings is 1. The van der Waals surface area contributed by atoms with Crippen LogP contribution in [0.15, 0.2) is 60.8 Å². The van der Waals surface area contributed by atoms with Crippen LogP contribution in [0, 0.1) is 0 Å². The molecule has 0 bridgehead atoms. The zero-order valence-corrected chi connectivity index (χ0v) is 21.3. The highest BCUT2D eigenvalue weighted by Gasteiger charge is 2.39. The number of β-amino-alcohol motifs (C(OH)–C–C–N with tert-alkyl or cyclic N) is 1. The first-order chi connectivity index (χ1) is 18.0. The van der Waals surface area contributed by atoms with E-state index in [4.69, 9.17) is 9.47 Å². The van der Waals surface area contributed by atoms with Gasteiger partial charge in [0.1, 0.15) is 18.1 Å². The highest BCUT2D eigenvalue weighted by atomic mass is 16.5. The lowest BCUT2D eigenvalue weighted by Gasteiger charge is -2.42. The van der Waals surface area contributed by atoms with Gasteiger partial charge in [-0.2, -0.15) is 0 Å². The van der Waals surface area contributed by atoms with Gasteiger partial charge in [0.15, 0.2) is 0 Å². The number of nitrogens with zero attached hydrogens (tertiary/aromatic N) is 4. The zero-order chi connectivity index (χ0) is 26.2. The highest BCUT2D eigenvalue weighted by Crippen LogP contribution is 2.38. The van der Waals surface area contributed by atoms with E-state index in [1.54, 1.807) is 47.2 Å². The van der Waals surface area contributed by atoms with Crippen LogP contribution >= 0.6 is 0 Å². The number of amides is 1. The van der Waals surface area contributed by atoms with E-state index in [1.807, 2.05) is 30.3 Å². The minimum atomic E-state index is -0.814. The third-order valence-corrected chi connectivity index (χ3v) is 6.74. The molecule has 196 valence electrons. The first kappa shape index (κ1) is 26.3. The number of likely N-dealkylation sites (tertiary alicyclic amines) is 1. The van der Waals surface area contributed by atoms with E-state index in [-0.39, 0.29) is 25.1 Å². The Morgan fingerprint density at radius 2 is 1.84 bits per heavy atom. The lowest BCUT2D eigenvalue weighted by atomic mass is 9.89. The molecule has 1 aliphatic heterocycles. The molecule has 0 radical (unpaired) electrons. The predicted octanol–water partition coefficient (Wildman–Crippen LogP) is 4.10. The molecule has 1 saturated heterocycles. The number of carbonyl (C=O) groups is 2. The lowest BCUT2D eigenvalue weighted by Crippen LogP contribution is -2.49. The maximum Gasteiger partial charge on any atom is 0.338 e. The van der Waals surface area contributed by atoms with Crippen LogP contribution in [0.2, 0.25) is 0 Å². The number of ether oxygens (including phenoxy) is 2. The van der Waals surface area contributed by atoms with Crippen molar-refractivity contribution in [2.45, 2.75) is 63.8 Å². The maximum atomic E-state index is 13.1. The summed E-state index contributed by atoms with van der Waals surface area (Å²) in [6, 6.07) is 15.8. The highest BCUT2D eigenvalue weighted by molar-refractivity contribution is 5.89. The predicted molar refractivity (Wildman–Crippen MR) is 137 cm³/mol. The zero-order valence-electron chi connectivity index (χ0n) is 21.3. The summed E-state index contributed by atoms with van der Waals surface area (Å²) in [5.74, 6) is 0.339. The van der Waals surface area contributed by atoms with Crippen molar-refractivity contribution in [3.05, 3.63) is 77.6 Å². The fourth-order valence-corrected chi connectivity index (χ4v) is 4.67. The smallest absolute Gasteiger partial charge is 0.338 e. The number of carbonyl (C=O) groups excluding carboxylic acids is 2. The van der Waals surface area contributed by atoms with Crippen LogP contribution in [0.1, 0.15) is 72.7 Å². The molecule has 3 atom stereocenters. The van der Waals surface area contributed by atoms with Crippen LogP contribution < -0.4 is 4.74 Å². The topological polar surface area (TPSA) is 107 Å². The van der Waals surface area contributed by atoms with Crippen molar-refractivity contribution in [1.82, 2.24) is 19.9 Å². The Bertz CT molecular complexity index is 1160. The van der Waals surface area contributed by atoms with Crippen LogP contribution in [-0.4, -0.2) is 56.6 Å². The van der Waals surface area contributed by atoms with Crippen molar-refractivity contribution >= 4 is 11.9 Å². The van der Waals surface area contributed by atoms with Crippen LogP contribution in [0.25, 0.3) is 0 Å². The molecule has 0 unspecified atom stereocenters. The quantitative estimate of drug-likeness (QED) is 0.326. The second kappa shape index (κ2) is 12.5. The first-order valence-corrected chi connectivity index (χ1v) is 12.7. The summed E-state index contributed by atoms with van der Waals surface area (Å²) in [4.78, 5) is 27.2. The second-order valence-electron chi connectivity index (χ2n) is 9.29. The fourth-order valence-electron chi connectivity index (χ4n) is 4.67. The second-order valence-corrected chi connectivity index (χ2v) is 9.29. The molecule has 3 aromatic rings. The maximum absolute atomic E-state index is 13.1. The molecule has 1 aliphatic rings. The van der Waals surface area contributed by atoms with Gasteiger partial charge >= 0.3 is 5.97 Å². The summed E-state index contributed by atoms with van der Waals surface area (Å²) in [6.45, 7) is 2.28. The Hall–Kier alpha value is -3.72. The number of hydrogen-bond acceptors (Lipinski definition) is 7. The first-order valence-electron chi connectivity index (χ1n) is 12.7. The van der Waals surface area contributed by atoms with Crippen molar-refractivity contribution in [3.8, 4) is 5.75 Å². The van der Waals surface area contributed by atoms with Gasteiger partial charge in [-0.25, -0.2) is 9.48 Å². The summed E-state index contributed by atoms with van der Waals surface area (Å²) >= 11 is 0. The SMILES string of the molecule is CCCCCC(=O)N1C[C@H](O)[C@@H](n2cc(COC(=O)c3ccccc3)nn2)C[C@H]1c1ccc(OC)cc1. The molecule has 1 amide bonds. The van der Waals surface area contributed by atoms with E-state index in [2.05, 4.69) is 17.2 Å². The third-order valence-electron chi connectivity index (χ3n) is 6.74. The standard InChI is InChI=1S/C28H34N4O5/c1-3-4-6-11-27(34)31-18-26(33)25(16-24(31)20-12-14-23(36-2)15-13-20)32-17-22(29-30-32)19-37-28(35)21-9-7-5-8-10-21/h5,7-10,12-15,17,24-26,33H,3-4,6,11,16,18-19H2,1-2H3/t24-,25-,26-/m0/s1. The molecule has 0 saturated carbocycles. The summed E-state index contributed by atoms with van der Waals surface area (Å²) in [5, 5.41) is 19.4. The Kier molecular flexibility index (Phi) is 8.90. The normalized spacial score (nSPS) is 19.4. The third kappa shape index (κ3) is 6.54. The molecule has 1 aromatic heterocycles. The van der Waals surface area contributed by atoms with Gasteiger partial charge in [0.2, 0.25) is 5.91 Å². The summed E-state index contributed by atoms with van der Waals surface area (Å²) in [5.41, 5.74) is 1.91. The van der Waals surface area contributed by atoms with Gasteiger partial charge in [0.25, 0.3) is 0 Å². The van der Waals surface area contributed by atoms with Crippen LogP contribution in [-0.2, 0) is 16.1 Å². The van der Waals surface area contributed by atoms with Crippen molar-refractivity contribution in [2.24, 2.45) is 0 Å². The molecule has 0 aliphatic carbocycles. The fraction of sp³-hybridized carbons (Fsp3) is 0.429. The molecule has 9 heteroatoms. The number of aliphatic hydroxyl groups is 1. The van der Waals surface area contributed by atoms with Crippen molar-refractivity contribution < 1.29 is 24.2 Å². The molecular weight excluding hydrogens is 472 g/mol. The molecule has 37 heavy (non-hydrogen) atoms. The number of benzene rings is 2. The summed E-state index contributed by atoms with van der Waals surface area (Å²) in [6.07, 6.45) is 4.66. The molecule has 1 N–H and O–H groups in total. The number of unbranched alkanes of at least 4 members (excludes halogenated alkanes) is 2. The number of aromatic nitrogens is 3. The van der Waals surface area contributed by atoms with Gasteiger partial charge in [-0.3, -0.25) is 4.79 Å². The van der Waals surface area contributed by atoms with E-state index in [9.17, 15) is 14.7 Å². The minimum absolute atomic E-state index is 0.0273. The molecular formula is C28H34N4O5. The van der Waals surface area contributed by atoms with Gasteiger partial charge in [-0.1, -0.05) is 55.3 Å². The molecule has 1 fully saturated rings. The lowest BCUT2D eigenvalue weighted by molar-refractivity contribution is -0.140. The molecule has 0 spiro atoms. The van der Waals surface area contributed by atoms with Crippen LogP contribution in [0.3, 0.4) is 0 Å². The minimum Gasteiger partial charge on any atom is -0.497 e. The number of rotatable bonds is 10. The van der Waals surface area contributed by atoms with Crippen LogP contribution in [0.4, 0.5) is 0 Å². The molecule has 2 aromatic carbocycles. The molecule has 4 rings (SSSR count). The van der Waals surface area contributed by atoms with E-state index in [0.29, 0.717) is 24.1 Å². The van der Waals surface area contributed by atoms with Gasteiger partial charge in [-0.15, -0.1) is 5.10 Å². The van der Waals surface area contributed by atoms with E-state index in [0.717, 1.165) is 30.6 Å². The van der Waals surface area contributed by atoms with Gasteiger partial charge < -0.3 is 19.5 Å². The Morgan fingerprint density at radius 3 is 2.54 bits per heavy atom. The number of esters is 1. The number of methoxy groups -OCH3 is 1. The van der Waals surface area contributed by atoms with Crippen LogP contribution in [0.5, 0.6) is 5.75 Å².